The Balaban J connectivity index is 1.55. The van der Waals surface area contributed by atoms with Gasteiger partial charge in [0.15, 0.2) is 0 Å². The van der Waals surface area contributed by atoms with Gasteiger partial charge in [0.25, 0.3) is 0 Å². The minimum atomic E-state index is -0.183. The van der Waals surface area contributed by atoms with Crippen molar-refractivity contribution in [3.05, 3.63) is 21.9 Å². The number of aryl methyl sites for hydroxylation is 1. The Kier molecular flexibility index (Phi) is 5.33. The molecular formula is C17H28N2OS. The van der Waals surface area contributed by atoms with Crippen molar-refractivity contribution in [1.29, 1.82) is 0 Å². The maximum atomic E-state index is 10.6. The van der Waals surface area contributed by atoms with E-state index in [0.29, 0.717) is 6.04 Å². The minimum Gasteiger partial charge on any atom is -0.390 e. The highest BCUT2D eigenvalue weighted by atomic mass is 32.1. The van der Waals surface area contributed by atoms with Gasteiger partial charge in [-0.1, -0.05) is 12.8 Å². The Bertz CT molecular complexity index is 440. The molecule has 0 unspecified atom stereocenters. The molecule has 1 aromatic rings. The van der Waals surface area contributed by atoms with Gasteiger partial charge in [0.1, 0.15) is 0 Å². The number of nitrogens with zero attached hydrogens (tertiary/aromatic N) is 2. The summed E-state index contributed by atoms with van der Waals surface area (Å²) in [5, 5.41) is 12.8. The fraction of sp³-hybridized carbons (Fsp3) is 0.765. The molecule has 0 bridgehead atoms. The van der Waals surface area contributed by atoms with Crippen LogP contribution in [0.4, 0.5) is 0 Å². The van der Waals surface area contributed by atoms with Crippen LogP contribution in [0.15, 0.2) is 11.4 Å². The number of β-amino-alcohol motifs (C(OH)–C–C–N with tert-alkyl or cyclic N) is 1. The van der Waals surface area contributed by atoms with Crippen molar-refractivity contribution in [2.75, 3.05) is 26.2 Å². The molecular weight excluding hydrogens is 280 g/mol. The Morgan fingerprint density at radius 3 is 2.57 bits per heavy atom. The fourth-order valence-electron chi connectivity index (χ4n) is 3.75. The maximum absolute atomic E-state index is 10.6. The second kappa shape index (κ2) is 7.23. The average molecular weight is 308 g/mol. The number of aliphatic hydroxyl groups excluding tert-OH is 1. The van der Waals surface area contributed by atoms with E-state index < -0.39 is 0 Å². The molecule has 0 amide bonds. The summed E-state index contributed by atoms with van der Waals surface area (Å²) in [6.07, 6.45) is 6.28. The summed E-state index contributed by atoms with van der Waals surface area (Å²) < 4.78 is 0. The molecule has 0 saturated carbocycles. The van der Waals surface area contributed by atoms with Gasteiger partial charge in [0.2, 0.25) is 0 Å². The van der Waals surface area contributed by atoms with Gasteiger partial charge < -0.3 is 5.11 Å². The molecule has 0 aliphatic carbocycles. The number of likely N-dealkylation sites (tertiary alicyclic amines) is 2. The van der Waals surface area contributed by atoms with E-state index in [1.807, 2.05) is 11.3 Å². The number of thiophene rings is 1. The molecule has 2 aliphatic rings. The van der Waals surface area contributed by atoms with Crippen molar-refractivity contribution >= 4 is 11.3 Å². The SMILES string of the molecule is Cc1ccsc1CN1CC[C@@H](N2CCCCCC2)[C@H](O)C1. The number of hydrogen-bond acceptors (Lipinski definition) is 4. The predicted octanol–water partition coefficient (Wildman–Crippen LogP) is 2.87. The molecule has 2 saturated heterocycles. The van der Waals surface area contributed by atoms with E-state index in [0.717, 1.165) is 26.1 Å². The van der Waals surface area contributed by atoms with E-state index in [4.69, 9.17) is 0 Å². The van der Waals surface area contributed by atoms with Crippen LogP contribution in [0.2, 0.25) is 0 Å². The van der Waals surface area contributed by atoms with Crippen LogP contribution < -0.4 is 0 Å². The minimum absolute atomic E-state index is 0.183. The Morgan fingerprint density at radius 2 is 1.95 bits per heavy atom. The van der Waals surface area contributed by atoms with Crippen LogP contribution in [-0.2, 0) is 6.54 Å². The zero-order chi connectivity index (χ0) is 14.7. The van der Waals surface area contributed by atoms with Crippen LogP contribution in [-0.4, -0.2) is 53.2 Å². The third-order valence-corrected chi connectivity index (χ3v) is 6.08. The van der Waals surface area contributed by atoms with Gasteiger partial charge in [0, 0.05) is 30.6 Å². The normalized spacial score (nSPS) is 29.4. The van der Waals surface area contributed by atoms with E-state index in [9.17, 15) is 5.11 Å². The van der Waals surface area contributed by atoms with Crippen molar-refractivity contribution in [2.24, 2.45) is 0 Å². The molecule has 3 rings (SSSR count). The molecule has 3 nitrogen and oxygen atoms in total. The lowest BCUT2D eigenvalue weighted by Crippen LogP contribution is -2.54. The van der Waals surface area contributed by atoms with E-state index in [1.165, 1.54) is 49.2 Å². The van der Waals surface area contributed by atoms with Crippen molar-refractivity contribution in [3.63, 3.8) is 0 Å². The molecule has 0 spiro atoms. The van der Waals surface area contributed by atoms with E-state index in [2.05, 4.69) is 28.2 Å². The lowest BCUT2D eigenvalue weighted by Gasteiger charge is -2.41. The highest BCUT2D eigenvalue weighted by molar-refractivity contribution is 7.10. The molecule has 2 aliphatic heterocycles. The van der Waals surface area contributed by atoms with E-state index >= 15 is 0 Å². The topological polar surface area (TPSA) is 26.7 Å². The summed E-state index contributed by atoms with van der Waals surface area (Å²) in [7, 11) is 0. The fourth-order valence-corrected chi connectivity index (χ4v) is 4.70. The number of piperidine rings is 1. The largest absolute Gasteiger partial charge is 0.390 e. The summed E-state index contributed by atoms with van der Waals surface area (Å²) in [5.41, 5.74) is 1.39. The van der Waals surface area contributed by atoms with Crippen LogP contribution >= 0.6 is 11.3 Å². The molecule has 4 heteroatoms. The third kappa shape index (κ3) is 3.86. The van der Waals surface area contributed by atoms with Crippen molar-refractivity contribution in [3.8, 4) is 0 Å². The first-order valence-electron chi connectivity index (χ1n) is 8.41. The molecule has 21 heavy (non-hydrogen) atoms. The first-order valence-corrected chi connectivity index (χ1v) is 9.29. The van der Waals surface area contributed by atoms with Crippen LogP contribution in [0.1, 0.15) is 42.5 Å². The molecule has 2 atom stereocenters. The Labute approximate surface area is 132 Å². The van der Waals surface area contributed by atoms with Gasteiger partial charge in [-0.25, -0.2) is 0 Å². The standard InChI is InChI=1S/C17H28N2OS/c1-14-7-11-21-17(14)13-18-10-6-15(16(20)12-18)19-8-4-2-3-5-9-19/h7,11,15-16,20H,2-6,8-10,12-13H2,1H3/t15-,16-/m1/s1. The highest BCUT2D eigenvalue weighted by Crippen LogP contribution is 2.24. The average Bonchev–Trinajstić information content (AvgIpc) is 2.73. The van der Waals surface area contributed by atoms with Gasteiger partial charge in [-0.3, -0.25) is 9.80 Å². The molecule has 118 valence electrons. The van der Waals surface area contributed by atoms with Gasteiger partial charge in [-0.15, -0.1) is 11.3 Å². The molecule has 2 fully saturated rings. The summed E-state index contributed by atoms with van der Waals surface area (Å²) in [6.45, 7) is 7.52. The summed E-state index contributed by atoms with van der Waals surface area (Å²) >= 11 is 1.84. The molecule has 1 N–H and O–H groups in total. The lowest BCUT2D eigenvalue weighted by atomic mass is 9.99. The van der Waals surface area contributed by atoms with Gasteiger partial charge in [-0.05, 0) is 56.3 Å². The quantitative estimate of drug-likeness (QED) is 0.930. The first kappa shape index (κ1) is 15.5. The van der Waals surface area contributed by atoms with Gasteiger partial charge in [-0.2, -0.15) is 0 Å². The Hall–Kier alpha value is -0.420. The second-order valence-electron chi connectivity index (χ2n) is 6.64. The predicted molar refractivity (Wildman–Crippen MR) is 88.8 cm³/mol. The van der Waals surface area contributed by atoms with Crippen molar-refractivity contribution < 1.29 is 5.11 Å². The zero-order valence-electron chi connectivity index (χ0n) is 13.1. The van der Waals surface area contributed by atoms with Crippen LogP contribution in [0, 0.1) is 6.92 Å². The molecule has 0 radical (unpaired) electrons. The molecule has 0 aromatic carbocycles. The molecule has 3 heterocycles. The first-order chi connectivity index (χ1) is 10.2. The number of aliphatic hydroxyl groups is 1. The molecule has 1 aromatic heterocycles. The summed E-state index contributed by atoms with van der Waals surface area (Å²) in [5.74, 6) is 0. The van der Waals surface area contributed by atoms with Crippen LogP contribution in [0.25, 0.3) is 0 Å². The zero-order valence-corrected chi connectivity index (χ0v) is 13.9. The summed E-state index contributed by atoms with van der Waals surface area (Å²) in [6, 6.07) is 2.59. The van der Waals surface area contributed by atoms with Crippen LogP contribution in [0.5, 0.6) is 0 Å². The van der Waals surface area contributed by atoms with Gasteiger partial charge >= 0.3 is 0 Å². The monoisotopic (exact) mass is 308 g/mol. The number of hydrogen-bond donors (Lipinski definition) is 1. The maximum Gasteiger partial charge on any atom is 0.0822 e. The third-order valence-electron chi connectivity index (χ3n) is 5.08. The Morgan fingerprint density at radius 1 is 1.19 bits per heavy atom. The smallest absolute Gasteiger partial charge is 0.0822 e. The van der Waals surface area contributed by atoms with E-state index in [-0.39, 0.29) is 6.10 Å². The van der Waals surface area contributed by atoms with Crippen molar-refractivity contribution in [1.82, 2.24) is 9.80 Å². The van der Waals surface area contributed by atoms with Crippen molar-refractivity contribution in [2.45, 2.75) is 57.7 Å². The van der Waals surface area contributed by atoms with E-state index in [1.54, 1.807) is 0 Å². The number of rotatable bonds is 3. The van der Waals surface area contributed by atoms with Gasteiger partial charge in [0.05, 0.1) is 6.10 Å². The summed E-state index contributed by atoms with van der Waals surface area (Å²) in [4.78, 5) is 6.44. The lowest BCUT2D eigenvalue weighted by molar-refractivity contribution is -0.0141. The highest BCUT2D eigenvalue weighted by Gasteiger charge is 2.32. The second-order valence-corrected chi connectivity index (χ2v) is 7.64. The van der Waals surface area contributed by atoms with Crippen LogP contribution in [0.3, 0.4) is 0 Å².